The first-order valence-corrected chi connectivity index (χ1v) is 7.55. The monoisotopic (exact) mass is 357 g/mol. The first-order valence-electron chi connectivity index (χ1n) is 6.76. The molecule has 0 heterocycles. The molecule has 1 aromatic rings. The number of carboxylic acid groups (broad SMARTS) is 1. The summed E-state index contributed by atoms with van der Waals surface area (Å²) in [6.45, 7) is 5.40. The largest absolute Gasteiger partial charge is 0.483 e. The van der Waals surface area contributed by atoms with Crippen molar-refractivity contribution >= 4 is 27.8 Å². The first-order chi connectivity index (χ1) is 9.85. The lowest BCUT2D eigenvalue weighted by atomic mass is 9.99. The molecular weight excluding hydrogens is 338 g/mol. The molecule has 0 spiro atoms. The molecular formula is C15H20BrNO4. The van der Waals surface area contributed by atoms with E-state index in [0.29, 0.717) is 12.2 Å². The fraction of sp³-hybridized carbons (Fsp3) is 0.467. The molecule has 0 fully saturated rings. The van der Waals surface area contributed by atoms with E-state index in [2.05, 4.69) is 21.2 Å². The Labute approximate surface area is 132 Å². The van der Waals surface area contributed by atoms with Crippen molar-refractivity contribution in [3.05, 3.63) is 28.2 Å². The maximum atomic E-state index is 11.8. The van der Waals surface area contributed by atoms with Gasteiger partial charge in [0, 0.05) is 0 Å². The number of hydrogen-bond donors (Lipinski definition) is 2. The Morgan fingerprint density at radius 3 is 2.62 bits per heavy atom. The van der Waals surface area contributed by atoms with Crippen LogP contribution < -0.4 is 10.1 Å². The predicted molar refractivity (Wildman–Crippen MR) is 83.4 cm³/mol. The van der Waals surface area contributed by atoms with E-state index in [0.717, 1.165) is 10.0 Å². The van der Waals surface area contributed by atoms with Crippen molar-refractivity contribution in [1.29, 1.82) is 0 Å². The predicted octanol–water partition coefficient (Wildman–Crippen LogP) is 2.75. The fourth-order valence-corrected chi connectivity index (χ4v) is 2.37. The number of halogens is 1. The molecule has 116 valence electrons. The van der Waals surface area contributed by atoms with Crippen molar-refractivity contribution in [1.82, 2.24) is 5.32 Å². The van der Waals surface area contributed by atoms with Crippen LogP contribution in [-0.2, 0) is 9.59 Å². The molecule has 0 aromatic heterocycles. The van der Waals surface area contributed by atoms with Crippen molar-refractivity contribution in [2.24, 2.45) is 5.92 Å². The van der Waals surface area contributed by atoms with Gasteiger partial charge < -0.3 is 15.2 Å². The highest BCUT2D eigenvalue weighted by molar-refractivity contribution is 9.10. The highest BCUT2D eigenvalue weighted by atomic mass is 79.9. The van der Waals surface area contributed by atoms with Crippen LogP contribution in [-0.4, -0.2) is 29.6 Å². The Morgan fingerprint density at radius 2 is 2.10 bits per heavy atom. The third kappa shape index (κ3) is 5.38. The average Bonchev–Trinajstić information content (AvgIpc) is 2.42. The molecule has 21 heavy (non-hydrogen) atoms. The molecule has 1 amide bonds. The maximum Gasteiger partial charge on any atom is 0.326 e. The quantitative estimate of drug-likeness (QED) is 0.786. The van der Waals surface area contributed by atoms with E-state index in [9.17, 15) is 9.59 Å². The van der Waals surface area contributed by atoms with Crippen LogP contribution in [0.4, 0.5) is 0 Å². The number of aryl methyl sites for hydroxylation is 1. The lowest BCUT2D eigenvalue weighted by Gasteiger charge is -2.20. The van der Waals surface area contributed by atoms with Gasteiger partial charge in [-0.25, -0.2) is 4.79 Å². The van der Waals surface area contributed by atoms with E-state index in [4.69, 9.17) is 9.84 Å². The SMILES string of the molecule is CCC(C)C(NC(=O)COc1ccc(C)cc1Br)C(=O)O. The van der Waals surface area contributed by atoms with E-state index in [1.807, 2.05) is 26.0 Å². The lowest BCUT2D eigenvalue weighted by Crippen LogP contribution is -2.46. The summed E-state index contributed by atoms with van der Waals surface area (Å²) >= 11 is 3.35. The number of benzene rings is 1. The zero-order chi connectivity index (χ0) is 16.0. The number of nitrogens with one attached hydrogen (secondary N) is 1. The summed E-state index contributed by atoms with van der Waals surface area (Å²) in [4.78, 5) is 23.0. The van der Waals surface area contributed by atoms with Gasteiger partial charge >= 0.3 is 5.97 Å². The summed E-state index contributed by atoms with van der Waals surface area (Å²) in [5, 5.41) is 11.6. The molecule has 2 N–H and O–H groups in total. The van der Waals surface area contributed by atoms with Gasteiger partial charge in [-0.2, -0.15) is 0 Å². The summed E-state index contributed by atoms with van der Waals surface area (Å²) in [5.74, 6) is -1.08. The van der Waals surface area contributed by atoms with Crippen molar-refractivity contribution in [3.8, 4) is 5.75 Å². The standard InChI is InChI=1S/C15H20BrNO4/c1-4-10(3)14(15(19)20)17-13(18)8-21-12-6-5-9(2)7-11(12)16/h5-7,10,14H,4,8H2,1-3H3,(H,17,18)(H,19,20). The third-order valence-electron chi connectivity index (χ3n) is 3.24. The number of amides is 1. The van der Waals surface area contributed by atoms with Crippen LogP contribution in [0.2, 0.25) is 0 Å². The maximum absolute atomic E-state index is 11.8. The Kier molecular flexibility index (Phi) is 6.68. The number of hydrogen-bond acceptors (Lipinski definition) is 3. The van der Waals surface area contributed by atoms with Gasteiger partial charge in [-0.1, -0.05) is 26.3 Å². The Balaban J connectivity index is 2.58. The smallest absolute Gasteiger partial charge is 0.326 e. The topological polar surface area (TPSA) is 75.6 Å². The molecule has 0 saturated heterocycles. The number of rotatable bonds is 7. The Hall–Kier alpha value is -1.56. The number of carbonyl (C=O) groups is 2. The van der Waals surface area contributed by atoms with Crippen LogP contribution in [0.1, 0.15) is 25.8 Å². The van der Waals surface area contributed by atoms with Gasteiger partial charge in [0.25, 0.3) is 5.91 Å². The van der Waals surface area contributed by atoms with Crippen molar-refractivity contribution < 1.29 is 19.4 Å². The first kappa shape index (κ1) is 17.5. The van der Waals surface area contributed by atoms with E-state index < -0.39 is 17.9 Å². The summed E-state index contributed by atoms with van der Waals surface area (Å²) in [6.07, 6.45) is 0.668. The van der Waals surface area contributed by atoms with Crippen LogP contribution in [0.15, 0.2) is 22.7 Å². The van der Waals surface area contributed by atoms with E-state index in [1.54, 1.807) is 13.0 Å². The molecule has 2 atom stereocenters. The van der Waals surface area contributed by atoms with Gasteiger partial charge in [0.05, 0.1) is 4.47 Å². The molecule has 0 bridgehead atoms. The zero-order valence-corrected chi connectivity index (χ0v) is 13.9. The molecule has 0 radical (unpaired) electrons. The van der Waals surface area contributed by atoms with Crippen LogP contribution in [0, 0.1) is 12.8 Å². The second-order valence-electron chi connectivity index (χ2n) is 4.99. The van der Waals surface area contributed by atoms with E-state index in [-0.39, 0.29) is 12.5 Å². The summed E-state index contributed by atoms with van der Waals surface area (Å²) in [6, 6.07) is 4.62. The van der Waals surface area contributed by atoms with Gasteiger partial charge in [-0.15, -0.1) is 0 Å². The van der Waals surface area contributed by atoms with Crippen LogP contribution >= 0.6 is 15.9 Å². The van der Waals surface area contributed by atoms with Crippen LogP contribution in [0.25, 0.3) is 0 Å². The molecule has 0 aliphatic rings. The molecule has 1 aromatic carbocycles. The van der Waals surface area contributed by atoms with Crippen molar-refractivity contribution in [3.63, 3.8) is 0 Å². The fourth-order valence-electron chi connectivity index (χ4n) is 1.76. The number of aliphatic carboxylic acids is 1. The number of carbonyl (C=O) groups excluding carboxylic acids is 1. The summed E-state index contributed by atoms with van der Waals surface area (Å²) in [5.41, 5.74) is 1.07. The van der Waals surface area contributed by atoms with E-state index in [1.165, 1.54) is 0 Å². The van der Waals surface area contributed by atoms with Crippen LogP contribution in [0.3, 0.4) is 0 Å². The molecule has 1 rings (SSSR count). The molecule has 5 nitrogen and oxygen atoms in total. The minimum atomic E-state index is -1.03. The third-order valence-corrected chi connectivity index (χ3v) is 3.86. The zero-order valence-electron chi connectivity index (χ0n) is 12.4. The number of ether oxygens (including phenoxy) is 1. The minimum absolute atomic E-state index is 0.141. The lowest BCUT2D eigenvalue weighted by molar-refractivity contribution is -0.143. The number of carboxylic acids is 1. The summed E-state index contributed by atoms with van der Waals surface area (Å²) < 4.78 is 6.15. The van der Waals surface area contributed by atoms with Crippen molar-refractivity contribution in [2.75, 3.05) is 6.61 Å². The van der Waals surface area contributed by atoms with Gasteiger partial charge in [0.15, 0.2) is 6.61 Å². The van der Waals surface area contributed by atoms with Gasteiger partial charge in [-0.05, 0) is 46.5 Å². The molecule has 0 aliphatic carbocycles. The molecule has 0 saturated carbocycles. The van der Waals surface area contributed by atoms with Crippen LogP contribution in [0.5, 0.6) is 5.75 Å². The van der Waals surface area contributed by atoms with Crippen molar-refractivity contribution in [2.45, 2.75) is 33.2 Å². The second kappa shape index (κ2) is 8.02. The van der Waals surface area contributed by atoms with Gasteiger partial charge in [-0.3, -0.25) is 4.79 Å². The Bertz CT molecular complexity index is 518. The molecule has 2 unspecified atom stereocenters. The highest BCUT2D eigenvalue weighted by Gasteiger charge is 2.25. The summed E-state index contributed by atoms with van der Waals surface area (Å²) in [7, 11) is 0. The normalized spacial score (nSPS) is 13.3. The van der Waals surface area contributed by atoms with E-state index >= 15 is 0 Å². The average molecular weight is 358 g/mol. The second-order valence-corrected chi connectivity index (χ2v) is 5.85. The molecule has 6 heteroatoms. The van der Waals surface area contributed by atoms with Gasteiger partial charge in [0.1, 0.15) is 11.8 Å². The molecule has 0 aliphatic heterocycles. The Morgan fingerprint density at radius 1 is 1.43 bits per heavy atom. The van der Waals surface area contributed by atoms with Gasteiger partial charge in [0.2, 0.25) is 0 Å². The minimum Gasteiger partial charge on any atom is -0.483 e. The highest BCUT2D eigenvalue weighted by Crippen LogP contribution is 2.25.